The van der Waals surface area contributed by atoms with Crippen molar-refractivity contribution in [1.82, 2.24) is 15.3 Å². The van der Waals surface area contributed by atoms with Gasteiger partial charge in [0.2, 0.25) is 0 Å². The summed E-state index contributed by atoms with van der Waals surface area (Å²) in [6.45, 7) is 2.21. The van der Waals surface area contributed by atoms with Crippen molar-refractivity contribution < 1.29 is 4.79 Å². The number of hydrogen-bond acceptors (Lipinski definition) is 4. The maximum atomic E-state index is 12.0. The van der Waals surface area contributed by atoms with Crippen LogP contribution in [0.15, 0.2) is 34.8 Å². The number of amides is 1. The van der Waals surface area contributed by atoms with Crippen molar-refractivity contribution in [1.29, 1.82) is 0 Å². The Bertz CT molecular complexity index is 641. The Labute approximate surface area is 132 Å². The summed E-state index contributed by atoms with van der Waals surface area (Å²) in [6, 6.07) is 9.11. The van der Waals surface area contributed by atoms with Crippen LogP contribution in [0.3, 0.4) is 0 Å². The molecule has 0 spiro atoms. The average molecular weight is 349 g/mol. The summed E-state index contributed by atoms with van der Waals surface area (Å²) in [5.74, 6) is 1.29. The van der Waals surface area contributed by atoms with E-state index < -0.39 is 0 Å². The summed E-state index contributed by atoms with van der Waals surface area (Å²) in [5.41, 5.74) is 1.49. The smallest absolute Gasteiger partial charge is 0.251 e. The lowest BCUT2D eigenvalue weighted by Crippen LogP contribution is -2.24. The van der Waals surface area contributed by atoms with Crippen LogP contribution >= 0.6 is 15.9 Å². The van der Waals surface area contributed by atoms with E-state index in [-0.39, 0.29) is 5.91 Å². The van der Waals surface area contributed by atoms with Crippen molar-refractivity contribution in [2.75, 3.05) is 19.0 Å². The van der Waals surface area contributed by atoms with Gasteiger partial charge in [-0.05, 0) is 31.2 Å². The van der Waals surface area contributed by atoms with Crippen molar-refractivity contribution in [2.45, 2.75) is 13.5 Å². The number of carbonyl (C=O) groups excluding carboxylic acids is 1. The molecule has 0 aliphatic carbocycles. The molecule has 1 amide bonds. The van der Waals surface area contributed by atoms with E-state index in [4.69, 9.17) is 0 Å². The fourth-order valence-electron chi connectivity index (χ4n) is 1.78. The van der Waals surface area contributed by atoms with Gasteiger partial charge in [-0.3, -0.25) is 4.79 Å². The number of nitrogens with one attached hydrogen (secondary N) is 1. The van der Waals surface area contributed by atoms with E-state index in [1.54, 1.807) is 12.1 Å². The van der Waals surface area contributed by atoms with Gasteiger partial charge >= 0.3 is 0 Å². The van der Waals surface area contributed by atoms with Crippen LogP contribution < -0.4 is 10.2 Å². The number of anilines is 1. The monoisotopic (exact) mass is 348 g/mol. The zero-order valence-corrected chi connectivity index (χ0v) is 13.8. The predicted molar refractivity (Wildman–Crippen MR) is 86.4 cm³/mol. The molecule has 0 aliphatic heterocycles. The summed E-state index contributed by atoms with van der Waals surface area (Å²) in [7, 11) is 3.85. The van der Waals surface area contributed by atoms with E-state index in [9.17, 15) is 4.79 Å². The third-order valence-electron chi connectivity index (χ3n) is 2.86. The second kappa shape index (κ2) is 6.67. The van der Waals surface area contributed by atoms with Gasteiger partial charge in [0.1, 0.15) is 11.6 Å². The maximum absolute atomic E-state index is 12.0. The molecule has 0 saturated heterocycles. The first-order chi connectivity index (χ1) is 9.95. The van der Waals surface area contributed by atoms with Gasteiger partial charge in [0.15, 0.2) is 0 Å². The number of rotatable bonds is 4. The Morgan fingerprint density at radius 2 is 1.90 bits per heavy atom. The number of aryl methyl sites for hydroxylation is 1. The topological polar surface area (TPSA) is 58.1 Å². The number of halogens is 1. The Balaban J connectivity index is 2.05. The highest BCUT2D eigenvalue weighted by atomic mass is 79.9. The third kappa shape index (κ3) is 4.26. The molecule has 2 rings (SSSR count). The van der Waals surface area contributed by atoms with Crippen LogP contribution in [0.25, 0.3) is 0 Å². The van der Waals surface area contributed by atoms with Crippen LogP contribution in [-0.4, -0.2) is 30.0 Å². The normalized spacial score (nSPS) is 10.3. The Kier molecular flexibility index (Phi) is 4.90. The highest BCUT2D eigenvalue weighted by Gasteiger charge is 2.08. The molecular weight excluding hydrogens is 332 g/mol. The molecule has 1 N–H and O–H groups in total. The van der Waals surface area contributed by atoms with Crippen molar-refractivity contribution in [2.24, 2.45) is 0 Å². The van der Waals surface area contributed by atoms with Crippen LogP contribution in [-0.2, 0) is 6.54 Å². The van der Waals surface area contributed by atoms with E-state index in [0.717, 1.165) is 16.0 Å². The molecule has 0 bridgehead atoms. The lowest BCUT2D eigenvalue weighted by Gasteiger charge is -2.13. The van der Waals surface area contributed by atoms with Crippen molar-refractivity contribution >= 4 is 27.7 Å². The highest BCUT2D eigenvalue weighted by Crippen LogP contribution is 2.11. The molecule has 0 aliphatic rings. The average Bonchev–Trinajstić information content (AvgIpc) is 2.45. The number of benzene rings is 1. The maximum Gasteiger partial charge on any atom is 0.251 e. The minimum Gasteiger partial charge on any atom is -0.363 e. The van der Waals surface area contributed by atoms with Crippen molar-refractivity contribution in [3.05, 3.63) is 51.9 Å². The van der Waals surface area contributed by atoms with Crippen molar-refractivity contribution in [3.8, 4) is 0 Å². The second-order valence-electron chi connectivity index (χ2n) is 4.87. The lowest BCUT2D eigenvalue weighted by atomic mass is 10.2. The summed E-state index contributed by atoms with van der Waals surface area (Å²) < 4.78 is 0.941. The molecule has 0 saturated carbocycles. The van der Waals surface area contributed by atoms with Gasteiger partial charge in [-0.2, -0.15) is 0 Å². The molecule has 1 aromatic carbocycles. The van der Waals surface area contributed by atoms with Gasteiger partial charge in [-0.1, -0.05) is 15.9 Å². The lowest BCUT2D eigenvalue weighted by molar-refractivity contribution is 0.0950. The molecule has 6 heteroatoms. The van der Waals surface area contributed by atoms with E-state index in [2.05, 4.69) is 31.2 Å². The van der Waals surface area contributed by atoms with Gasteiger partial charge in [0, 0.05) is 35.9 Å². The fraction of sp³-hybridized carbons (Fsp3) is 0.267. The summed E-state index contributed by atoms with van der Waals surface area (Å²) in [4.78, 5) is 22.7. The molecule has 1 heterocycles. The molecule has 110 valence electrons. The van der Waals surface area contributed by atoms with Gasteiger partial charge in [0.05, 0.1) is 6.54 Å². The van der Waals surface area contributed by atoms with Crippen LogP contribution in [0.4, 0.5) is 5.82 Å². The van der Waals surface area contributed by atoms with E-state index in [1.807, 2.05) is 44.1 Å². The molecule has 0 radical (unpaired) electrons. The van der Waals surface area contributed by atoms with E-state index >= 15 is 0 Å². The Morgan fingerprint density at radius 3 is 2.52 bits per heavy atom. The first-order valence-electron chi connectivity index (χ1n) is 6.51. The zero-order chi connectivity index (χ0) is 15.4. The Morgan fingerprint density at radius 1 is 1.24 bits per heavy atom. The number of carbonyl (C=O) groups is 1. The van der Waals surface area contributed by atoms with Crippen LogP contribution in [0.5, 0.6) is 0 Å². The molecule has 0 atom stereocenters. The van der Waals surface area contributed by atoms with E-state index in [1.165, 1.54) is 0 Å². The van der Waals surface area contributed by atoms with Crippen LogP contribution in [0.1, 0.15) is 21.9 Å². The first kappa shape index (κ1) is 15.4. The number of nitrogens with zero attached hydrogens (tertiary/aromatic N) is 3. The van der Waals surface area contributed by atoms with Crippen LogP contribution in [0.2, 0.25) is 0 Å². The fourth-order valence-corrected chi connectivity index (χ4v) is 2.05. The summed E-state index contributed by atoms with van der Waals surface area (Å²) in [6.07, 6.45) is 0. The second-order valence-corrected chi connectivity index (χ2v) is 5.78. The standard InChI is InChI=1S/C15H17BrN4O/c1-10-8-14(20(2)3)19-13(18-10)9-17-15(21)11-4-6-12(16)7-5-11/h4-8H,9H2,1-3H3,(H,17,21). The molecular formula is C15H17BrN4O. The molecule has 0 fully saturated rings. The molecule has 5 nitrogen and oxygen atoms in total. The highest BCUT2D eigenvalue weighted by molar-refractivity contribution is 9.10. The number of aromatic nitrogens is 2. The first-order valence-corrected chi connectivity index (χ1v) is 7.30. The predicted octanol–water partition coefficient (Wildman–Crippen LogP) is 2.54. The largest absolute Gasteiger partial charge is 0.363 e. The van der Waals surface area contributed by atoms with Gasteiger partial charge in [-0.25, -0.2) is 9.97 Å². The summed E-state index contributed by atoms with van der Waals surface area (Å²) in [5, 5.41) is 2.83. The third-order valence-corrected chi connectivity index (χ3v) is 3.39. The molecule has 21 heavy (non-hydrogen) atoms. The number of hydrogen-bond donors (Lipinski definition) is 1. The minimum absolute atomic E-state index is 0.140. The van der Waals surface area contributed by atoms with Crippen LogP contribution in [0, 0.1) is 6.92 Å². The van der Waals surface area contributed by atoms with Gasteiger partial charge in [0.25, 0.3) is 5.91 Å². The minimum atomic E-state index is -0.140. The molecule has 2 aromatic rings. The molecule has 1 aromatic heterocycles. The van der Waals surface area contributed by atoms with Gasteiger partial charge < -0.3 is 10.2 Å². The van der Waals surface area contributed by atoms with Gasteiger partial charge in [-0.15, -0.1) is 0 Å². The van der Waals surface area contributed by atoms with E-state index in [0.29, 0.717) is 17.9 Å². The summed E-state index contributed by atoms with van der Waals surface area (Å²) >= 11 is 3.34. The van der Waals surface area contributed by atoms with Crippen molar-refractivity contribution in [3.63, 3.8) is 0 Å². The Hall–Kier alpha value is -1.95. The zero-order valence-electron chi connectivity index (χ0n) is 12.2. The quantitative estimate of drug-likeness (QED) is 0.922. The molecule has 0 unspecified atom stereocenters. The SMILES string of the molecule is Cc1cc(N(C)C)nc(CNC(=O)c2ccc(Br)cc2)n1.